The van der Waals surface area contributed by atoms with Crippen LogP contribution in [0, 0.1) is 0 Å². The Morgan fingerprint density at radius 1 is 1.40 bits per heavy atom. The monoisotopic (exact) mass is 283 g/mol. The molecule has 20 heavy (non-hydrogen) atoms. The molecule has 0 fully saturated rings. The molecule has 1 unspecified atom stereocenters. The van der Waals surface area contributed by atoms with Crippen LogP contribution in [0.1, 0.15) is 13.8 Å². The number of amides is 2. The number of rotatable bonds is 9. The van der Waals surface area contributed by atoms with Crippen LogP contribution in [0.4, 0.5) is 0 Å². The summed E-state index contributed by atoms with van der Waals surface area (Å²) < 4.78 is 0. The van der Waals surface area contributed by atoms with Crippen LogP contribution in [-0.2, 0) is 14.4 Å². The van der Waals surface area contributed by atoms with E-state index in [2.05, 4.69) is 17.2 Å². The second-order valence-corrected chi connectivity index (χ2v) is 3.86. The smallest absolute Gasteiger partial charge is 0.317 e. The number of hydrogen-bond acceptors (Lipinski definition) is 4. The van der Waals surface area contributed by atoms with Gasteiger partial charge >= 0.3 is 5.97 Å². The number of allylic oxidation sites excluding steroid dienone is 1. The highest BCUT2D eigenvalue weighted by atomic mass is 16.4. The average Bonchev–Trinajstić information content (AvgIpc) is 2.38. The lowest BCUT2D eigenvalue weighted by Gasteiger charge is -2.26. The normalized spacial score (nSPS) is 11.9. The Labute approximate surface area is 118 Å². The minimum Gasteiger partial charge on any atom is -0.480 e. The number of likely N-dealkylation sites (N-methyl/N-ethyl adjacent to an activating group) is 1. The van der Waals surface area contributed by atoms with Gasteiger partial charge in [-0.3, -0.25) is 14.4 Å². The minimum absolute atomic E-state index is 0.0213. The first-order valence-corrected chi connectivity index (χ1v) is 6.25. The first kappa shape index (κ1) is 17.8. The van der Waals surface area contributed by atoms with E-state index in [1.165, 1.54) is 17.2 Å². The summed E-state index contributed by atoms with van der Waals surface area (Å²) in [6.45, 7) is 7.10. The summed E-state index contributed by atoms with van der Waals surface area (Å²) in [6, 6.07) is -0.851. The number of nitrogens with zero attached hydrogens (tertiary/aromatic N) is 1. The van der Waals surface area contributed by atoms with Crippen molar-refractivity contribution in [2.75, 3.05) is 19.6 Å². The van der Waals surface area contributed by atoms with Crippen molar-refractivity contribution in [3.63, 3.8) is 0 Å². The molecule has 1 atom stereocenters. The van der Waals surface area contributed by atoms with Gasteiger partial charge in [-0.2, -0.15) is 0 Å². The van der Waals surface area contributed by atoms with Crippen LogP contribution in [0.3, 0.4) is 0 Å². The van der Waals surface area contributed by atoms with Gasteiger partial charge < -0.3 is 20.6 Å². The number of nitrogens with one attached hydrogen (secondary N) is 2. The molecule has 0 aliphatic carbocycles. The van der Waals surface area contributed by atoms with E-state index < -0.39 is 17.9 Å². The number of carboxylic acids is 1. The SMILES string of the molecule is C=CN(C(=O)/C=C\C)C(CNCC(=O)O)C(=O)NCC. The summed E-state index contributed by atoms with van der Waals surface area (Å²) >= 11 is 0. The fraction of sp³-hybridized carbons (Fsp3) is 0.462. The van der Waals surface area contributed by atoms with Crippen LogP contribution in [-0.4, -0.2) is 53.5 Å². The first-order valence-electron chi connectivity index (χ1n) is 6.25. The molecule has 0 bridgehead atoms. The summed E-state index contributed by atoms with van der Waals surface area (Å²) in [5.41, 5.74) is 0. The molecule has 0 saturated carbocycles. The number of hydrogen-bond donors (Lipinski definition) is 3. The lowest BCUT2D eigenvalue weighted by molar-refractivity contribution is -0.136. The van der Waals surface area contributed by atoms with Crippen LogP contribution in [0.5, 0.6) is 0 Å². The van der Waals surface area contributed by atoms with Crippen molar-refractivity contribution in [3.05, 3.63) is 24.9 Å². The molecule has 0 saturated heterocycles. The van der Waals surface area contributed by atoms with Gasteiger partial charge in [0.2, 0.25) is 5.91 Å². The second kappa shape index (κ2) is 9.74. The molecule has 0 spiro atoms. The van der Waals surface area contributed by atoms with Crippen LogP contribution in [0.2, 0.25) is 0 Å². The van der Waals surface area contributed by atoms with Crippen molar-refractivity contribution in [3.8, 4) is 0 Å². The Morgan fingerprint density at radius 2 is 2.05 bits per heavy atom. The van der Waals surface area contributed by atoms with Crippen LogP contribution >= 0.6 is 0 Å². The molecule has 0 aromatic rings. The van der Waals surface area contributed by atoms with Gasteiger partial charge in [0.15, 0.2) is 0 Å². The van der Waals surface area contributed by atoms with E-state index >= 15 is 0 Å². The van der Waals surface area contributed by atoms with E-state index in [0.29, 0.717) is 6.54 Å². The van der Waals surface area contributed by atoms with Gasteiger partial charge in [0, 0.05) is 19.3 Å². The van der Waals surface area contributed by atoms with Crippen molar-refractivity contribution < 1.29 is 19.5 Å². The van der Waals surface area contributed by atoms with Gasteiger partial charge in [0.1, 0.15) is 6.04 Å². The molecule has 0 heterocycles. The number of carbonyl (C=O) groups excluding carboxylic acids is 2. The third-order valence-corrected chi connectivity index (χ3v) is 2.36. The van der Waals surface area contributed by atoms with E-state index in [-0.39, 0.29) is 19.0 Å². The number of aliphatic carboxylic acids is 1. The summed E-state index contributed by atoms with van der Waals surface area (Å²) in [5, 5.41) is 13.8. The molecule has 0 aromatic heterocycles. The molecular weight excluding hydrogens is 262 g/mol. The summed E-state index contributed by atoms with van der Waals surface area (Å²) in [4.78, 5) is 35.5. The Bertz CT molecular complexity index is 393. The fourth-order valence-corrected chi connectivity index (χ4v) is 1.52. The molecule has 7 nitrogen and oxygen atoms in total. The maximum Gasteiger partial charge on any atom is 0.317 e. The van der Waals surface area contributed by atoms with E-state index in [4.69, 9.17) is 5.11 Å². The molecule has 7 heteroatoms. The van der Waals surface area contributed by atoms with E-state index in [1.54, 1.807) is 19.9 Å². The van der Waals surface area contributed by atoms with Crippen molar-refractivity contribution in [1.82, 2.24) is 15.5 Å². The first-order chi connectivity index (χ1) is 9.47. The molecule has 2 amide bonds. The van der Waals surface area contributed by atoms with Crippen molar-refractivity contribution in [1.29, 1.82) is 0 Å². The molecular formula is C13H21N3O4. The third-order valence-electron chi connectivity index (χ3n) is 2.36. The van der Waals surface area contributed by atoms with Crippen LogP contribution in [0.25, 0.3) is 0 Å². The highest BCUT2D eigenvalue weighted by molar-refractivity contribution is 5.93. The zero-order valence-electron chi connectivity index (χ0n) is 11.8. The molecule has 0 rings (SSSR count). The molecule has 3 N–H and O–H groups in total. The highest BCUT2D eigenvalue weighted by Gasteiger charge is 2.26. The standard InChI is InChI=1S/C13H21N3O4/c1-4-7-11(17)16(6-3)10(13(20)15-5-2)8-14-9-12(18)19/h4,6-7,10,14H,3,5,8-9H2,1-2H3,(H,15,20)(H,18,19)/b7-4-. The average molecular weight is 283 g/mol. The summed E-state index contributed by atoms with van der Waals surface area (Å²) in [6.07, 6.45) is 4.12. The molecule has 0 radical (unpaired) electrons. The Hall–Kier alpha value is -2.15. The minimum atomic E-state index is -1.04. The van der Waals surface area contributed by atoms with Gasteiger partial charge in [-0.05, 0) is 19.9 Å². The summed E-state index contributed by atoms with van der Waals surface area (Å²) in [5.74, 6) is -1.80. The van der Waals surface area contributed by atoms with E-state index in [1.807, 2.05) is 0 Å². The quantitative estimate of drug-likeness (QED) is 0.505. The molecule has 0 aliphatic rings. The van der Waals surface area contributed by atoms with Crippen molar-refractivity contribution in [2.24, 2.45) is 0 Å². The zero-order valence-corrected chi connectivity index (χ0v) is 11.8. The fourth-order valence-electron chi connectivity index (χ4n) is 1.52. The van der Waals surface area contributed by atoms with E-state index in [0.717, 1.165) is 0 Å². The molecule has 112 valence electrons. The van der Waals surface area contributed by atoms with Crippen LogP contribution < -0.4 is 10.6 Å². The second-order valence-electron chi connectivity index (χ2n) is 3.86. The Morgan fingerprint density at radius 3 is 2.50 bits per heavy atom. The molecule has 0 aliphatic heterocycles. The van der Waals surface area contributed by atoms with Crippen LogP contribution in [0.15, 0.2) is 24.9 Å². The largest absolute Gasteiger partial charge is 0.480 e. The predicted molar refractivity (Wildman–Crippen MR) is 74.8 cm³/mol. The van der Waals surface area contributed by atoms with Gasteiger partial charge in [-0.25, -0.2) is 0 Å². The zero-order chi connectivity index (χ0) is 15.5. The maximum absolute atomic E-state index is 12.0. The summed E-state index contributed by atoms with van der Waals surface area (Å²) in [7, 11) is 0. The number of carboxylic acid groups (broad SMARTS) is 1. The van der Waals surface area contributed by atoms with E-state index in [9.17, 15) is 14.4 Å². The highest BCUT2D eigenvalue weighted by Crippen LogP contribution is 2.02. The van der Waals surface area contributed by atoms with Gasteiger partial charge in [-0.1, -0.05) is 12.7 Å². The van der Waals surface area contributed by atoms with Gasteiger partial charge in [-0.15, -0.1) is 0 Å². The lowest BCUT2D eigenvalue weighted by Crippen LogP contribution is -2.52. The predicted octanol–water partition coefficient (Wildman–Crippen LogP) is -0.286. The molecule has 0 aromatic carbocycles. The number of carbonyl (C=O) groups is 3. The van der Waals surface area contributed by atoms with Crippen molar-refractivity contribution in [2.45, 2.75) is 19.9 Å². The lowest BCUT2D eigenvalue weighted by atomic mass is 10.2. The Balaban J connectivity index is 4.95. The maximum atomic E-state index is 12.0. The topological polar surface area (TPSA) is 98.7 Å². The third kappa shape index (κ3) is 6.14. The Kier molecular flexibility index (Phi) is 8.69. The van der Waals surface area contributed by atoms with Gasteiger partial charge in [0.05, 0.1) is 6.54 Å². The van der Waals surface area contributed by atoms with Crippen molar-refractivity contribution >= 4 is 17.8 Å². The van der Waals surface area contributed by atoms with Gasteiger partial charge in [0.25, 0.3) is 5.91 Å².